The molecule has 2 atom stereocenters. The van der Waals surface area contributed by atoms with Gasteiger partial charge in [0.05, 0.1) is 5.92 Å². The van der Waals surface area contributed by atoms with E-state index in [0.717, 1.165) is 0 Å². The Hall–Kier alpha value is -1.89. The molecule has 1 aromatic heterocycles. The van der Waals surface area contributed by atoms with Gasteiger partial charge in [-0.25, -0.2) is 0 Å². The third kappa shape index (κ3) is 1.90. The van der Waals surface area contributed by atoms with Crippen LogP contribution in [0.15, 0.2) is 61.3 Å². The van der Waals surface area contributed by atoms with Gasteiger partial charge in [0.15, 0.2) is 12.2 Å². The standard InChI is InChI=1S/C18H20N/c1-3-9-15-14-10-5-6-11-16(14)18-12-7-8-13-19(18)17(15)4-2/h4-8,10-13,15,17H,2-3,9H2,1H3/q+1. The summed E-state index contributed by atoms with van der Waals surface area (Å²) in [6.45, 7) is 6.33. The molecule has 0 aliphatic carbocycles. The van der Waals surface area contributed by atoms with Crippen molar-refractivity contribution in [2.24, 2.45) is 0 Å². The number of aromatic nitrogens is 1. The zero-order chi connectivity index (χ0) is 13.2. The number of hydrogen-bond acceptors (Lipinski definition) is 0. The zero-order valence-corrected chi connectivity index (χ0v) is 11.4. The fourth-order valence-corrected chi connectivity index (χ4v) is 3.29. The van der Waals surface area contributed by atoms with E-state index in [-0.39, 0.29) is 0 Å². The molecule has 0 fully saturated rings. The topological polar surface area (TPSA) is 3.88 Å². The van der Waals surface area contributed by atoms with E-state index < -0.39 is 0 Å². The number of fused-ring (bicyclic) bond motifs is 3. The molecule has 3 rings (SSSR count). The fourth-order valence-electron chi connectivity index (χ4n) is 3.29. The van der Waals surface area contributed by atoms with E-state index in [9.17, 15) is 0 Å². The van der Waals surface area contributed by atoms with Gasteiger partial charge in [-0.1, -0.05) is 38.1 Å². The number of nitrogens with zero attached hydrogens (tertiary/aromatic N) is 1. The van der Waals surface area contributed by atoms with Crippen LogP contribution in [0, 0.1) is 0 Å². The van der Waals surface area contributed by atoms with E-state index in [0.29, 0.717) is 12.0 Å². The molecule has 1 aliphatic heterocycles. The molecule has 1 aromatic carbocycles. The van der Waals surface area contributed by atoms with Crippen LogP contribution in [0.2, 0.25) is 0 Å². The molecule has 0 saturated carbocycles. The van der Waals surface area contributed by atoms with Crippen molar-refractivity contribution < 1.29 is 4.57 Å². The Kier molecular flexibility index (Phi) is 3.20. The SMILES string of the molecule is C=CC1C(CCC)c2ccccc2-c2cccc[n+]21. The lowest BCUT2D eigenvalue weighted by Crippen LogP contribution is -2.46. The maximum absolute atomic E-state index is 4.07. The predicted octanol–water partition coefficient (Wildman–Crippen LogP) is 4.27. The lowest BCUT2D eigenvalue weighted by Gasteiger charge is -2.28. The third-order valence-corrected chi connectivity index (χ3v) is 4.10. The minimum Gasteiger partial charge on any atom is -0.191 e. The van der Waals surface area contributed by atoms with Crippen LogP contribution < -0.4 is 4.57 Å². The van der Waals surface area contributed by atoms with Crippen LogP contribution in [-0.2, 0) is 0 Å². The van der Waals surface area contributed by atoms with Crippen LogP contribution in [0.25, 0.3) is 11.3 Å². The quantitative estimate of drug-likeness (QED) is 0.566. The highest BCUT2D eigenvalue weighted by atomic mass is 15.0. The smallest absolute Gasteiger partial charge is 0.191 e. The normalized spacial score (nSPS) is 20.5. The van der Waals surface area contributed by atoms with Crippen molar-refractivity contribution in [3.63, 3.8) is 0 Å². The Morgan fingerprint density at radius 1 is 1.16 bits per heavy atom. The molecule has 1 heteroatoms. The van der Waals surface area contributed by atoms with Crippen molar-refractivity contribution in [3.8, 4) is 11.3 Å². The first kappa shape index (κ1) is 12.2. The van der Waals surface area contributed by atoms with Crippen LogP contribution in [0.5, 0.6) is 0 Å². The van der Waals surface area contributed by atoms with Gasteiger partial charge < -0.3 is 0 Å². The summed E-state index contributed by atoms with van der Waals surface area (Å²) >= 11 is 0. The molecule has 0 radical (unpaired) electrons. The van der Waals surface area contributed by atoms with E-state index in [2.05, 4.69) is 72.8 Å². The molecule has 2 aromatic rings. The van der Waals surface area contributed by atoms with E-state index in [1.54, 1.807) is 0 Å². The van der Waals surface area contributed by atoms with Crippen molar-refractivity contribution in [2.75, 3.05) is 0 Å². The molecule has 1 nitrogen and oxygen atoms in total. The van der Waals surface area contributed by atoms with Crippen molar-refractivity contribution in [1.29, 1.82) is 0 Å². The van der Waals surface area contributed by atoms with Gasteiger partial charge in [-0.2, -0.15) is 4.57 Å². The second-order valence-electron chi connectivity index (χ2n) is 5.20. The van der Waals surface area contributed by atoms with E-state index in [1.165, 1.54) is 29.7 Å². The Balaban J connectivity index is 2.24. The average Bonchev–Trinajstić information content (AvgIpc) is 2.48. The van der Waals surface area contributed by atoms with E-state index in [4.69, 9.17) is 0 Å². The molecule has 0 amide bonds. The van der Waals surface area contributed by atoms with Crippen LogP contribution in [-0.4, -0.2) is 0 Å². The number of hydrogen-bond donors (Lipinski definition) is 0. The van der Waals surface area contributed by atoms with Crippen molar-refractivity contribution >= 4 is 0 Å². The van der Waals surface area contributed by atoms with Crippen LogP contribution in [0.1, 0.15) is 37.3 Å². The highest BCUT2D eigenvalue weighted by molar-refractivity contribution is 5.63. The van der Waals surface area contributed by atoms with Crippen molar-refractivity contribution in [3.05, 3.63) is 66.9 Å². The third-order valence-electron chi connectivity index (χ3n) is 4.10. The van der Waals surface area contributed by atoms with Gasteiger partial charge in [0.2, 0.25) is 5.69 Å². The second kappa shape index (κ2) is 5.00. The Labute approximate surface area is 115 Å². The second-order valence-corrected chi connectivity index (χ2v) is 5.20. The Morgan fingerprint density at radius 2 is 1.95 bits per heavy atom. The van der Waals surface area contributed by atoms with Gasteiger partial charge in [0.25, 0.3) is 0 Å². The fraction of sp³-hybridized carbons (Fsp3) is 0.278. The lowest BCUT2D eigenvalue weighted by molar-refractivity contribution is -0.707. The van der Waals surface area contributed by atoms with Gasteiger partial charge in [-0.05, 0) is 30.2 Å². The molecule has 19 heavy (non-hydrogen) atoms. The first-order valence-corrected chi connectivity index (χ1v) is 7.08. The minimum absolute atomic E-state index is 0.367. The van der Waals surface area contributed by atoms with Crippen LogP contribution >= 0.6 is 0 Å². The summed E-state index contributed by atoms with van der Waals surface area (Å²) in [4.78, 5) is 0. The van der Waals surface area contributed by atoms with Crippen LogP contribution in [0.3, 0.4) is 0 Å². The summed E-state index contributed by atoms with van der Waals surface area (Å²) in [5.41, 5.74) is 4.15. The van der Waals surface area contributed by atoms with Crippen molar-refractivity contribution in [2.45, 2.75) is 31.7 Å². The lowest BCUT2D eigenvalue weighted by atomic mass is 9.80. The Morgan fingerprint density at radius 3 is 2.74 bits per heavy atom. The van der Waals surface area contributed by atoms with E-state index in [1.807, 2.05) is 0 Å². The number of benzene rings is 1. The largest absolute Gasteiger partial charge is 0.213 e. The molecule has 0 saturated heterocycles. The summed E-state index contributed by atoms with van der Waals surface area (Å²) < 4.78 is 2.37. The monoisotopic (exact) mass is 250 g/mol. The van der Waals surface area contributed by atoms with Gasteiger partial charge >= 0.3 is 0 Å². The van der Waals surface area contributed by atoms with Gasteiger partial charge in [-0.3, -0.25) is 0 Å². The molecule has 1 aliphatic rings. The molecular formula is C18H20N+. The summed E-state index contributed by atoms with van der Waals surface area (Å²) in [7, 11) is 0. The number of pyridine rings is 1. The molecule has 2 unspecified atom stereocenters. The van der Waals surface area contributed by atoms with E-state index >= 15 is 0 Å². The number of allylic oxidation sites excluding steroid dienone is 1. The highest BCUT2D eigenvalue weighted by Gasteiger charge is 2.36. The van der Waals surface area contributed by atoms with Gasteiger partial charge in [0.1, 0.15) is 0 Å². The van der Waals surface area contributed by atoms with Crippen LogP contribution in [0.4, 0.5) is 0 Å². The molecular weight excluding hydrogens is 230 g/mol. The molecule has 2 heterocycles. The summed E-state index contributed by atoms with van der Waals surface area (Å²) in [5, 5.41) is 0. The summed E-state index contributed by atoms with van der Waals surface area (Å²) in [5.74, 6) is 0.540. The zero-order valence-electron chi connectivity index (χ0n) is 11.4. The maximum atomic E-state index is 4.07. The molecule has 0 bridgehead atoms. The molecule has 0 spiro atoms. The number of rotatable bonds is 3. The molecule has 96 valence electrons. The summed E-state index contributed by atoms with van der Waals surface area (Å²) in [6, 6.07) is 15.6. The van der Waals surface area contributed by atoms with Gasteiger partial charge in [0, 0.05) is 17.7 Å². The Bertz CT molecular complexity index is 600. The molecule has 0 N–H and O–H groups in total. The van der Waals surface area contributed by atoms with Gasteiger partial charge in [-0.15, -0.1) is 0 Å². The first-order valence-electron chi connectivity index (χ1n) is 7.08. The van der Waals surface area contributed by atoms with Crippen molar-refractivity contribution in [1.82, 2.24) is 0 Å². The first-order chi connectivity index (χ1) is 9.36. The summed E-state index contributed by atoms with van der Waals surface area (Å²) in [6.07, 6.45) is 6.68. The predicted molar refractivity (Wildman–Crippen MR) is 79.0 cm³/mol. The average molecular weight is 250 g/mol. The maximum Gasteiger partial charge on any atom is 0.213 e. The highest BCUT2D eigenvalue weighted by Crippen LogP contribution is 2.40. The minimum atomic E-state index is 0.367.